The SMILES string of the molecule is CC(C)C#CC[N+](C)(C)C. The van der Waals surface area contributed by atoms with Crippen molar-refractivity contribution in [3.63, 3.8) is 0 Å². The van der Waals surface area contributed by atoms with E-state index in [2.05, 4.69) is 46.8 Å². The van der Waals surface area contributed by atoms with E-state index < -0.39 is 0 Å². The molecule has 0 radical (unpaired) electrons. The van der Waals surface area contributed by atoms with E-state index in [9.17, 15) is 0 Å². The summed E-state index contributed by atoms with van der Waals surface area (Å²) in [5, 5.41) is 0. The van der Waals surface area contributed by atoms with Gasteiger partial charge >= 0.3 is 0 Å². The van der Waals surface area contributed by atoms with E-state index >= 15 is 0 Å². The van der Waals surface area contributed by atoms with Crippen LogP contribution in [-0.2, 0) is 0 Å². The minimum atomic E-state index is 0.506. The van der Waals surface area contributed by atoms with Gasteiger partial charge in [-0.25, -0.2) is 0 Å². The quantitative estimate of drug-likeness (QED) is 0.381. The molecule has 0 aliphatic rings. The van der Waals surface area contributed by atoms with Gasteiger partial charge in [0.2, 0.25) is 0 Å². The second kappa shape index (κ2) is 3.63. The molecule has 0 heterocycles. The van der Waals surface area contributed by atoms with Crippen LogP contribution in [0.25, 0.3) is 0 Å². The average molecular weight is 140 g/mol. The van der Waals surface area contributed by atoms with Crippen molar-refractivity contribution in [3.8, 4) is 11.8 Å². The molecule has 0 N–H and O–H groups in total. The van der Waals surface area contributed by atoms with Crippen LogP contribution in [0.5, 0.6) is 0 Å². The predicted octanol–water partition coefficient (Wildman–Crippen LogP) is 1.35. The van der Waals surface area contributed by atoms with E-state index in [1.807, 2.05) is 0 Å². The molecule has 0 saturated carbocycles. The molecular weight excluding hydrogens is 122 g/mol. The molecule has 0 amide bonds. The molecule has 0 bridgehead atoms. The number of hydrogen-bond donors (Lipinski definition) is 0. The molecule has 0 unspecified atom stereocenters. The summed E-state index contributed by atoms with van der Waals surface area (Å²) in [6.45, 7) is 5.17. The average Bonchev–Trinajstić information content (AvgIpc) is 1.59. The van der Waals surface area contributed by atoms with Gasteiger partial charge in [-0.15, -0.1) is 0 Å². The van der Waals surface area contributed by atoms with Crippen molar-refractivity contribution in [2.75, 3.05) is 27.7 Å². The third-order valence-electron chi connectivity index (χ3n) is 0.944. The van der Waals surface area contributed by atoms with Crippen LogP contribution in [0.2, 0.25) is 0 Å². The molecule has 10 heavy (non-hydrogen) atoms. The molecule has 0 aliphatic heterocycles. The summed E-state index contributed by atoms with van der Waals surface area (Å²) in [5.41, 5.74) is 0. The summed E-state index contributed by atoms with van der Waals surface area (Å²) in [7, 11) is 6.44. The highest BCUT2D eigenvalue weighted by Crippen LogP contribution is 1.89. The maximum absolute atomic E-state index is 3.15. The lowest BCUT2D eigenvalue weighted by Gasteiger charge is -2.20. The molecular formula is C9H18N+. The Morgan fingerprint density at radius 1 is 1.20 bits per heavy atom. The summed E-state index contributed by atoms with van der Waals surface area (Å²) in [6, 6.07) is 0. The van der Waals surface area contributed by atoms with Crippen molar-refractivity contribution in [3.05, 3.63) is 0 Å². The highest BCUT2D eigenvalue weighted by Gasteiger charge is 2.01. The van der Waals surface area contributed by atoms with E-state index in [0.717, 1.165) is 11.0 Å². The Labute approximate surface area is 64.6 Å². The van der Waals surface area contributed by atoms with Gasteiger partial charge in [-0.1, -0.05) is 19.8 Å². The Balaban J connectivity index is 3.67. The third-order valence-corrected chi connectivity index (χ3v) is 0.944. The summed E-state index contributed by atoms with van der Waals surface area (Å²) < 4.78 is 0.930. The molecule has 0 saturated heterocycles. The fourth-order valence-corrected chi connectivity index (χ4v) is 0.487. The first-order valence-electron chi connectivity index (χ1n) is 3.70. The van der Waals surface area contributed by atoms with Crippen molar-refractivity contribution in [2.24, 2.45) is 5.92 Å². The normalized spacial score (nSPS) is 11.0. The van der Waals surface area contributed by atoms with Gasteiger partial charge in [0, 0.05) is 5.92 Å². The minimum Gasteiger partial charge on any atom is -0.321 e. The van der Waals surface area contributed by atoms with Crippen molar-refractivity contribution in [2.45, 2.75) is 13.8 Å². The van der Waals surface area contributed by atoms with Crippen LogP contribution in [0.1, 0.15) is 13.8 Å². The lowest BCUT2D eigenvalue weighted by atomic mass is 10.2. The number of nitrogens with zero attached hydrogens (tertiary/aromatic N) is 1. The Hall–Kier alpha value is -0.480. The maximum atomic E-state index is 3.15. The molecule has 0 aromatic rings. The first kappa shape index (κ1) is 9.52. The van der Waals surface area contributed by atoms with Crippen molar-refractivity contribution in [1.29, 1.82) is 0 Å². The van der Waals surface area contributed by atoms with Crippen molar-refractivity contribution < 1.29 is 4.48 Å². The van der Waals surface area contributed by atoms with Crippen LogP contribution in [0.3, 0.4) is 0 Å². The first-order chi connectivity index (χ1) is 4.42. The molecule has 0 aliphatic carbocycles. The second-order valence-electron chi connectivity index (χ2n) is 3.92. The number of hydrogen-bond acceptors (Lipinski definition) is 0. The zero-order chi connectivity index (χ0) is 8.20. The van der Waals surface area contributed by atoms with Gasteiger partial charge < -0.3 is 4.48 Å². The van der Waals surface area contributed by atoms with Crippen LogP contribution in [0.4, 0.5) is 0 Å². The third kappa shape index (κ3) is 7.52. The smallest absolute Gasteiger partial charge is 0.140 e. The molecule has 1 heteroatoms. The van der Waals surface area contributed by atoms with Crippen LogP contribution in [0, 0.1) is 17.8 Å². The Bertz CT molecular complexity index is 140. The molecule has 58 valence electrons. The molecule has 0 aromatic heterocycles. The van der Waals surface area contributed by atoms with E-state index in [-0.39, 0.29) is 0 Å². The van der Waals surface area contributed by atoms with Crippen LogP contribution in [0.15, 0.2) is 0 Å². The number of rotatable bonds is 1. The lowest BCUT2D eigenvalue weighted by molar-refractivity contribution is -0.862. The van der Waals surface area contributed by atoms with E-state index in [0.29, 0.717) is 5.92 Å². The molecule has 0 aromatic carbocycles. The van der Waals surface area contributed by atoms with Gasteiger partial charge in [0.15, 0.2) is 0 Å². The summed E-state index contributed by atoms with van der Waals surface area (Å²) >= 11 is 0. The fraction of sp³-hybridized carbons (Fsp3) is 0.778. The van der Waals surface area contributed by atoms with Gasteiger partial charge in [-0.2, -0.15) is 0 Å². The molecule has 0 rings (SSSR count). The Kier molecular flexibility index (Phi) is 3.46. The van der Waals surface area contributed by atoms with Crippen LogP contribution < -0.4 is 0 Å². The molecule has 0 fully saturated rings. The zero-order valence-corrected chi connectivity index (χ0v) is 7.73. The van der Waals surface area contributed by atoms with E-state index in [4.69, 9.17) is 0 Å². The van der Waals surface area contributed by atoms with Crippen LogP contribution >= 0.6 is 0 Å². The highest BCUT2D eigenvalue weighted by molar-refractivity contribution is 5.01. The van der Waals surface area contributed by atoms with Crippen molar-refractivity contribution >= 4 is 0 Å². The molecule has 0 atom stereocenters. The van der Waals surface area contributed by atoms with Gasteiger partial charge in [-0.05, 0) is 5.92 Å². The van der Waals surface area contributed by atoms with Gasteiger partial charge in [0.25, 0.3) is 0 Å². The Morgan fingerprint density at radius 2 is 1.70 bits per heavy atom. The topological polar surface area (TPSA) is 0 Å². The Morgan fingerprint density at radius 3 is 2.00 bits per heavy atom. The minimum absolute atomic E-state index is 0.506. The van der Waals surface area contributed by atoms with Crippen LogP contribution in [-0.4, -0.2) is 32.2 Å². The maximum Gasteiger partial charge on any atom is 0.140 e. The number of quaternary nitrogens is 1. The van der Waals surface area contributed by atoms with Crippen molar-refractivity contribution in [1.82, 2.24) is 0 Å². The largest absolute Gasteiger partial charge is 0.321 e. The van der Waals surface area contributed by atoms with Gasteiger partial charge in [0.05, 0.1) is 21.1 Å². The highest BCUT2D eigenvalue weighted by atomic mass is 15.3. The van der Waals surface area contributed by atoms with E-state index in [1.54, 1.807) is 0 Å². The fourth-order valence-electron chi connectivity index (χ4n) is 0.487. The van der Waals surface area contributed by atoms with Gasteiger partial charge in [0.1, 0.15) is 6.54 Å². The monoisotopic (exact) mass is 140 g/mol. The van der Waals surface area contributed by atoms with E-state index in [1.165, 1.54) is 0 Å². The summed E-state index contributed by atoms with van der Waals surface area (Å²) in [4.78, 5) is 0. The molecule has 0 spiro atoms. The van der Waals surface area contributed by atoms with Gasteiger partial charge in [-0.3, -0.25) is 0 Å². The standard InChI is InChI=1S/C9H18N/c1-9(2)7-6-8-10(3,4)5/h9H,8H2,1-5H3/q+1. The predicted molar refractivity (Wildman–Crippen MR) is 45.5 cm³/mol. The first-order valence-corrected chi connectivity index (χ1v) is 3.70. The lowest BCUT2D eigenvalue weighted by Crippen LogP contribution is -2.34. The summed E-state index contributed by atoms with van der Waals surface area (Å²) in [6.07, 6.45) is 0. The molecule has 1 nitrogen and oxygen atoms in total. The summed E-state index contributed by atoms with van der Waals surface area (Å²) in [5.74, 6) is 6.79. The second-order valence-corrected chi connectivity index (χ2v) is 3.92. The zero-order valence-electron chi connectivity index (χ0n) is 7.73.